The van der Waals surface area contributed by atoms with Gasteiger partial charge in [-0.1, -0.05) is 105 Å². The molecule has 1 heterocycles. The monoisotopic (exact) mass is 481 g/mol. The first-order valence-electron chi connectivity index (χ1n) is 14.5. The van der Waals surface area contributed by atoms with E-state index in [4.69, 9.17) is 9.47 Å². The highest BCUT2D eigenvalue weighted by atomic mass is 16.6. The fourth-order valence-corrected chi connectivity index (χ4v) is 4.93. The highest BCUT2D eigenvalue weighted by molar-refractivity contribution is 5.78. The number of nitrogens with one attached hydrogen (secondary N) is 1. The molecule has 1 aliphatic heterocycles. The Bertz CT molecular complexity index is 510. The van der Waals surface area contributed by atoms with Gasteiger partial charge in [-0.3, -0.25) is 4.79 Å². The normalized spacial score (nSPS) is 19.4. The van der Waals surface area contributed by atoms with Crippen molar-refractivity contribution < 1.29 is 19.1 Å². The van der Waals surface area contributed by atoms with Crippen LogP contribution in [0.5, 0.6) is 0 Å². The van der Waals surface area contributed by atoms with Crippen LogP contribution in [0.1, 0.15) is 137 Å². The van der Waals surface area contributed by atoms with Crippen molar-refractivity contribution in [3.05, 3.63) is 0 Å². The number of esters is 1. The van der Waals surface area contributed by atoms with Gasteiger partial charge in [0.05, 0.1) is 12.7 Å². The molecule has 5 nitrogen and oxygen atoms in total. The fraction of sp³-hybridized carbons (Fsp3) is 0.931. The Morgan fingerprint density at radius 1 is 0.941 bits per heavy atom. The Kier molecular flexibility index (Phi) is 18.3. The number of rotatable bonds is 23. The smallest absolute Gasteiger partial charge is 0.328 e. The molecule has 0 aromatic rings. The van der Waals surface area contributed by atoms with Crippen molar-refractivity contribution in [3.8, 4) is 0 Å². The molecule has 1 amide bonds. The van der Waals surface area contributed by atoms with Gasteiger partial charge in [0.15, 0.2) is 0 Å². The number of carbonyl (C=O) groups excluding carboxylic acids is 2. The number of amides is 1. The summed E-state index contributed by atoms with van der Waals surface area (Å²) in [5.41, 5.74) is 0. The van der Waals surface area contributed by atoms with E-state index in [1.165, 1.54) is 83.5 Å². The van der Waals surface area contributed by atoms with Crippen molar-refractivity contribution >= 4 is 12.4 Å². The molecule has 4 atom stereocenters. The average Bonchev–Trinajstić information content (AvgIpc) is 2.79. The number of unbranched alkanes of at least 4 members (excludes halogenated alkanes) is 11. The Labute approximate surface area is 210 Å². The number of hydrogen-bond acceptors (Lipinski definition) is 4. The van der Waals surface area contributed by atoms with E-state index in [0.29, 0.717) is 24.7 Å². The van der Waals surface area contributed by atoms with Crippen LogP contribution in [-0.4, -0.2) is 37.2 Å². The van der Waals surface area contributed by atoms with Crippen LogP contribution in [-0.2, 0) is 19.1 Å². The first-order chi connectivity index (χ1) is 16.5. The largest absolute Gasteiger partial charge is 0.461 e. The maximum absolute atomic E-state index is 12.9. The molecule has 0 radical (unpaired) electrons. The standard InChI is InChI=1S/C29H55NO4/c1-5-7-9-11-12-13-14-15-17-19-26(34-29(32)27(30-23-31)20-24(3)4)21-28-25(22-33-28)18-16-10-8-6-2/h23-28H,5-22H2,1-4H3,(H,30,31)/t25-,26-,27-,28-/m1/s1. The maximum atomic E-state index is 12.9. The van der Waals surface area contributed by atoms with Crippen LogP contribution < -0.4 is 5.32 Å². The van der Waals surface area contributed by atoms with E-state index in [-0.39, 0.29) is 18.2 Å². The average molecular weight is 482 g/mol. The summed E-state index contributed by atoms with van der Waals surface area (Å²) in [7, 11) is 0. The van der Waals surface area contributed by atoms with Crippen LogP contribution in [0.4, 0.5) is 0 Å². The van der Waals surface area contributed by atoms with Gasteiger partial charge in [-0.2, -0.15) is 0 Å². The minimum atomic E-state index is -0.560. The van der Waals surface area contributed by atoms with E-state index in [1.54, 1.807) is 0 Å². The Morgan fingerprint density at radius 2 is 1.53 bits per heavy atom. The quantitative estimate of drug-likeness (QED) is 0.0941. The predicted octanol–water partition coefficient (Wildman–Crippen LogP) is 7.36. The topological polar surface area (TPSA) is 64.6 Å². The van der Waals surface area contributed by atoms with Gasteiger partial charge >= 0.3 is 5.97 Å². The van der Waals surface area contributed by atoms with E-state index >= 15 is 0 Å². The second-order valence-electron chi connectivity index (χ2n) is 10.9. The van der Waals surface area contributed by atoms with Crippen LogP contribution in [0.15, 0.2) is 0 Å². The van der Waals surface area contributed by atoms with E-state index in [9.17, 15) is 9.59 Å². The van der Waals surface area contributed by atoms with Crippen LogP contribution in [0.3, 0.4) is 0 Å². The molecular weight excluding hydrogens is 426 g/mol. The molecule has 5 heteroatoms. The molecule has 1 fully saturated rings. The van der Waals surface area contributed by atoms with Gasteiger partial charge in [-0.05, 0) is 31.6 Å². The van der Waals surface area contributed by atoms with Gasteiger partial charge in [0.25, 0.3) is 0 Å². The Balaban J connectivity index is 2.50. The first kappa shape index (κ1) is 30.9. The second-order valence-corrected chi connectivity index (χ2v) is 10.9. The zero-order valence-corrected chi connectivity index (χ0v) is 22.8. The summed E-state index contributed by atoms with van der Waals surface area (Å²) in [6, 6.07) is -0.560. The third kappa shape index (κ3) is 14.3. The molecule has 200 valence electrons. The summed E-state index contributed by atoms with van der Waals surface area (Å²) in [4.78, 5) is 23.9. The highest BCUT2D eigenvalue weighted by Crippen LogP contribution is 2.31. The number of ether oxygens (including phenoxy) is 2. The van der Waals surface area contributed by atoms with Gasteiger partial charge in [-0.25, -0.2) is 4.79 Å². The van der Waals surface area contributed by atoms with Gasteiger partial charge in [0.2, 0.25) is 6.41 Å². The molecular formula is C29H55NO4. The maximum Gasteiger partial charge on any atom is 0.328 e. The molecule has 1 aliphatic rings. The molecule has 0 unspecified atom stereocenters. The zero-order chi connectivity index (χ0) is 25.0. The summed E-state index contributed by atoms with van der Waals surface area (Å²) in [5.74, 6) is 0.615. The lowest BCUT2D eigenvalue weighted by Crippen LogP contribution is -2.44. The first-order valence-corrected chi connectivity index (χ1v) is 14.5. The summed E-state index contributed by atoms with van der Waals surface area (Å²) in [6.07, 6.45) is 20.9. The van der Waals surface area contributed by atoms with Gasteiger partial charge in [-0.15, -0.1) is 0 Å². The third-order valence-corrected chi connectivity index (χ3v) is 7.15. The lowest BCUT2D eigenvalue weighted by atomic mass is 9.87. The van der Waals surface area contributed by atoms with Crippen molar-refractivity contribution in [2.75, 3.05) is 6.61 Å². The van der Waals surface area contributed by atoms with E-state index < -0.39 is 6.04 Å². The van der Waals surface area contributed by atoms with Crippen molar-refractivity contribution in [2.24, 2.45) is 11.8 Å². The SMILES string of the molecule is CCCCCCCCCCC[C@H](C[C@H]1OC[C@H]1CCCCCC)OC(=O)[C@@H](CC(C)C)NC=O. The zero-order valence-electron chi connectivity index (χ0n) is 22.8. The molecule has 0 spiro atoms. The lowest BCUT2D eigenvalue weighted by Gasteiger charge is -2.39. The van der Waals surface area contributed by atoms with Crippen molar-refractivity contribution in [1.29, 1.82) is 0 Å². The summed E-state index contributed by atoms with van der Waals surface area (Å²) >= 11 is 0. The summed E-state index contributed by atoms with van der Waals surface area (Å²) < 4.78 is 11.9. The minimum Gasteiger partial charge on any atom is -0.461 e. The van der Waals surface area contributed by atoms with Gasteiger partial charge < -0.3 is 14.8 Å². The van der Waals surface area contributed by atoms with E-state index in [1.807, 2.05) is 0 Å². The molecule has 34 heavy (non-hydrogen) atoms. The molecule has 1 N–H and O–H groups in total. The fourth-order valence-electron chi connectivity index (χ4n) is 4.93. The Morgan fingerprint density at radius 3 is 2.06 bits per heavy atom. The molecule has 0 saturated carbocycles. The highest BCUT2D eigenvalue weighted by Gasteiger charge is 2.35. The molecule has 1 rings (SSSR count). The van der Waals surface area contributed by atoms with E-state index in [2.05, 4.69) is 33.0 Å². The molecule has 0 aromatic carbocycles. The van der Waals surface area contributed by atoms with Crippen LogP contribution in [0.25, 0.3) is 0 Å². The number of hydrogen-bond donors (Lipinski definition) is 1. The molecule has 1 saturated heterocycles. The third-order valence-electron chi connectivity index (χ3n) is 7.15. The summed E-state index contributed by atoms with van der Waals surface area (Å²) in [5, 5.41) is 2.67. The van der Waals surface area contributed by atoms with E-state index in [0.717, 1.165) is 25.9 Å². The van der Waals surface area contributed by atoms with Crippen LogP contribution in [0.2, 0.25) is 0 Å². The van der Waals surface area contributed by atoms with Crippen molar-refractivity contribution in [3.63, 3.8) is 0 Å². The lowest BCUT2D eigenvalue weighted by molar-refractivity contribution is -0.164. The number of carbonyl (C=O) groups is 2. The minimum absolute atomic E-state index is 0.122. The summed E-state index contributed by atoms with van der Waals surface area (Å²) in [6.45, 7) is 9.45. The molecule has 0 aromatic heterocycles. The van der Waals surface area contributed by atoms with Gasteiger partial charge in [0, 0.05) is 12.3 Å². The predicted molar refractivity (Wildman–Crippen MR) is 141 cm³/mol. The van der Waals surface area contributed by atoms with Crippen molar-refractivity contribution in [2.45, 2.75) is 155 Å². The van der Waals surface area contributed by atoms with Crippen molar-refractivity contribution in [1.82, 2.24) is 5.32 Å². The van der Waals surface area contributed by atoms with Crippen LogP contribution in [0, 0.1) is 11.8 Å². The molecule has 0 bridgehead atoms. The second kappa shape index (κ2) is 20.1. The molecule has 0 aliphatic carbocycles. The Hall–Kier alpha value is -1.10. The van der Waals surface area contributed by atoms with Gasteiger partial charge in [0.1, 0.15) is 12.1 Å². The van der Waals surface area contributed by atoms with Crippen LogP contribution >= 0.6 is 0 Å².